The number of carboxylic acids is 1. The van der Waals surface area contributed by atoms with E-state index in [1.165, 1.54) is 43.1 Å². The number of para-hydroxylation sites is 1. The quantitative estimate of drug-likeness (QED) is 0.300. The van der Waals surface area contributed by atoms with Gasteiger partial charge in [0.15, 0.2) is 16.3 Å². The van der Waals surface area contributed by atoms with Crippen molar-refractivity contribution in [3.63, 3.8) is 0 Å². The molecule has 0 saturated heterocycles. The number of hydrogen-bond acceptors (Lipinski definition) is 9. The Balaban J connectivity index is 1.85. The molecule has 1 aliphatic heterocycles. The number of fused-ring (bicyclic) bond motifs is 1. The molecule has 0 amide bonds. The molecule has 42 heavy (non-hydrogen) atoms. The van der Waals surface area contributed by atoms with Crippen LogP contribution in [0.25, 0.3) is 11.8 Å². The van der Waals surface area contributed by atoms with Gasteiger partial charge >= 0.3 is 11.9 Å². The predicted molar refractivity (Wildman–Crippen MR) is 156 cm³/mol. The van der Waals surface area contributed by atoms with E-state index < -0.39 is 29.3 Å². The van der Waals surface area contributed by atoms with E-state index in [1.54, 1.807) is 25.1 Å². The average molecular weight is 587 g/mol. The molecule has 2 N–H and O–H groups in total. The summed E-state index contributed by atoms with van der Waals surface area (Å²) >= 11 is 1.05. The van der Waals surface area contributed by atoms with Crippen LogP contribution in [-0.2, 0) is 9.53 Å². The Kier molecular flexibility index (Phi) is 7.94. The van der Waals surface area contributed by atoms with Gasteiger partial charge in [0.25, 0.3) is 5.56 Å². The number of nitrogens with zero attached hydrogens (tertiary/aromatic N) is 2. The molecule has 4 aromatic rings. The number of benzene rings is 3. The Morgan fingerprint density at radius 1 is 1.02 bits per heavy atom. The number of methoxy groups -OCH3 is 2. The van der Waals surface area contributed by atoms with Crippen molar-refractivity contribution in [1.82, 2.24) is 4.57 Å². The van der Waals surface area contributed by atoms with Gasteiger partial charge in [0.05, 0.1) is 42.7 Å². The van der Waals surface area contributed by atoms with Crippen LogP contribution in [0.1, 0.15) is 40.0 Å². The molecule has 0 aliphatic carbocycles. The maximum atomic E-state index is 14.0. The van der Waals surface area contributed by atoms with Crippen LogP contribution in [0.5, 0.6) is 17.2 Å². The topological polar surface area (TPSA) is 137 Å². The second-order valence-electron chi connectivity index (χ2n) is 9.09. The Bertz CT molecular complexity index is 1910. The third-order valence-corrected chi connectivity index (χ3v) is 7.66. The van der Waals surface area contributed by atoms with Gasteiger partial charge in [0, 0.05) is 11.1 Å². The van der Waals surface area contributed by atoms with E-state index in [1.807, 2.05) is 30.3 Å². The van der Waals surface area contributed by atoms with Gasteiger partial charge < -0.3 is 24.4 Å². The van der Waals surface area contributed by atoms with E-state index in [0.717, 1.165) is 11.3 Å². The summed E-state index contributed by atoms with van der Waals surface area (Å²) in [7, 11) is 3.00. The highest BCUT2D eigenvalue weighted by Crippen LogP contribution is 2.38. The summed E-state index contributed by atoms with van der Waals surface area (Å²) in [6, 6.07) is 17.5. The van der Waals surface area contributed by atoms with Crippen LogP contribution in [0.3, 0.4) is 0 Å². The zero-order valence-electron chi connectivity index (χ0n) is 22.9. The van der Waals surface area contributed by atoms with Crippen molar-refractivity contribution in [3.05, 3.63) is 114 Å². The molecule has 0 radical (unpaired) electrons. The van der Waals surface area contributed by atoms with Crippen molar-refractivity contribution in [2.24, 2.45) is 4.99 Å². The number of carbonyl (C=O) groups excluding carboxylic acids is 1. The van der Waals surface area contributed by atoms with Crippen LogP contribution in [0.15, 0.2) is 82.1 Å². The third kappa shape index (κ3) is 5.06. The lowest BCUT2D eigenvalue weighted by Crippen LogP contribution is -2.40. The summed E-state index contributed by atoms with van der Waals surface area (Å²) in [5, 5.41) is 20.0. The molecular weight excluding hydrogens is 560 g/mol. The molecule has 0 unspecified atom stereocenters. The lowest BCUT2D eigenvalue weighted by Gasteiger charge is -2.26. The fourth-order valence-electron chi connectivity index (χ4n) is 4.77. The molecule has 0 spiro atoms. The molecule has 0 fully saturated rings. The first-order valence-corrected chi connectivity index (χ1v) is 13.7. The number of aromatic hydroxyl groups is 1. The van der Waals surface area contributed by atoms with Crippen LogP contribution in [0.4, 0.5) is 0 Å². The Labute approximate surface area is 243 Å². The van der Waals surface area contributed by atoms with E-state index in [2.05, 4.69) is 0 Å². The smallest absolute Gasteiger partial charge is 0.339 e. The molecule has 3 aromatic carbocycles. The van der Waals surface area contributed by atoms with Crippen LogP contribution in [0, 0.1) is 0 Å². The molecule has 11 heteroatoms. The van der Waals surface area contributed by atoms with Crippen molar-refractivity contribution in [2.75, 3.05) is 20.8 Å². The number of esters is 1. The minimum absolute atomic E-state index is 0.104. The molecule has 1 aliphatic rings. The number of phenols is 1. The van der Waals surface area contributed by atoms with Gasteiger partial charge in [-0.05, 0) is 36.8 Å². The maximum absolute atomic E-state index is 14.0. The number of hydrogen-bond donors (Lipinski definition) is 2. The number of aromatic nitrogens is 1. The number of carbonyl (C=O) groups is 2. The molecular formula is C31H26N2O8S. The van der Waals surface area contributed by atoms with Crippen molar-refractivity contribution in [3.8, 4) is 17.2 Å². The normalized spacial score (nSPS) is 14.6. The van der Waals surface area contributed by atoms with Crippen molar-refractivity contribution < 1.29 is 34.0 Å². The Morgan fingerprint density at radius 3 is 2.43 bits per heavy atom. The molecule has 10 nitrogen and oxygen atoms in total. The van der Waals surface area contributed by atoms with Crippen molar-refractivity contribution >= 4 is 35.0 Å². The van der Waals surface area contributed by atoms with E-state index in [4.69, 9.17) is 19.2 Å². The minimum atomic E-state index is -1.30. The van der Waals surface area contributed by atoms with Gasteiger partial charge in [0.1, 0.15) is 11.3 Å². The van der Waals surface area contributed by atoms with E-state index >= 15 is 0 Å². The summed E-state index contributed by atoms with van der Waals surface area (Å²) in [6.07, 6.45) is 1.41. The first-order chi connectivity index (χ1) is 20.3. The van der Waals surface area contributed by atoms with Gasteiger partial charge in [-0.15, -0.1) is 0 Å². The highest BCUT2D eigenvalue weighted by molar-refractivity contribution is 7.07. The number of carboxylic acid groups (broad SMARTS) is 1. The fourth-order valence-corrected chi connectivity index (χ4v) is 5.76. The zero-order valence-corrected chi connectivity index (χ0v) is 23.7. The minimum Gasteiger partial charge on any atom is -0.506 e. The van der Waals surface area contributed by atoms with Crippen LogP contribution in [-0.4, -0.2) is 47.5 Å². The van der Waals surface area contributed by atoms with Crippen LogP contribution in [0.2, 0.25) is 0 Å². The largest absolute Gasteiger partial charge is 0.506 e. The number of thiazole rings is 1. The third-order valence-electron chi connectivity index (χ3n) is 6.68. The summed E-state index contributed by atoms with van der Waals surface area (Å²) < 4.78 is 18.0. The standard InChI is InChI=1S/C31H26N2O8S/c1-4-41-30(38)24-25(17-9-6-5-7-10-17)32-31-33(26(24)18-13-14-21(39-2)22(15-18)40-3)28(35)23(42-31)16-19-11-8-12-20(27(19)34)29(36)37/h5-16,26,34H,4H2,1-3H3,(H,36,37)/b23-16+/t26-/m0/s1. The van der Waals surface area contributed by atoms with Gasteiger partial charge in [0.2, 0.25) is 0 Å². The maximum Gasteiger partial charge on any atom is 0.339 e. The first-order valence-electron chi connectivity index (χ1n) is 12.8. The second kappa shape index (κ2) is 11.8. The lowest BCUT2D eigenvalue weighted by atomic mass is 9.93. The number of ether oxygens (including phenoxy) is 3. The summed E-state index contributed by atoms with van der Waals surface area (Å²) in [5.41, 5.74) is 1.05. The summed E-state index contributed by atoms with van der Waals surface area (Å²) in [6.45, 7) is 1.80. The number of rotatable bonds is 8. The highest BCUT2D eigenvalue weighted by Gasteiger charge is 2.35. The van der Waals surface area contributed by atoms with E-state index in [-0.39, 0.29) is 27.8 Å². The van der Waals surface area contributed by atoms with Crippen molar-refractivity contribution in [1.29, 1.82) is 0 Å². The first kappa shape index (κ1) is 28.4. The Morgan fingerprint density at radius 2 is 1.76 bits per heavy atom. The van der Waals surface area contributed by atoms with Gasteiger partial charge in [-0.1, -0.05) is 59.9 Å². The van der Waals surface area contributed by atoms with Gasteiger partial charge in [-0.2, -0.15) is 0 Å². The molecule has 214 valence electrons. The predicted octanol–water partition coefficient (Wildman–Crippen LogP) is 3.36. The van der Waals surface area contributed by atoms with Crippen LogP contribution < -0.4 is 24.4 Å². The van der Waals surface area contributed by atoms with Gasteiger partial charge in [-0.25, -0.2) is 14.6 Å². The monoisotopic (exact) mass is 586 g/mol. The molecule has 1 aromatic heterocycles. The molecule has 0 bridgehead atoms. The summed E-state index contributed by atoms with van der Waals surface area (Å²) in [5.74, 6) is -1.55. The summed E-state index contributed by atoms with van der Waals surface area (Å²) in [4.78, 5) is 44.3. The zero-order chi connectivity index (χ0) is 30.0. The Hall–Kier alpha value is -5.16. The van der Waals surface area contributed by atoms with Crippen molar-refractivity contribution in [2.45, 2.75) is 13.0 Å². The molecule has 5 rings (SSSR count). The fraction of sp³-hybridized carbons (Fsp3) is 0.161. The lowest BCUT2D eigenvalue weighted by molar-refractivity contribution is -0.138. The van der Waals surface area contributed by atoms with Gasteiger partial charge in [-0.3, -0.25) is 9.36 Å². The number of aromatic carboxylic acids is 1. The van der Waals surface area contributed by atoms with Crippen LogP contribution >= 0.6 is 11.3 Å². The second-order valence-corrected chi connectivity index (χ2v) is 10.1. The molecule has 2 heterocycles. The molecule has 1 atom stereocenters. The van der Waals surface area contributed by atoms with E-state index in [0.29, 0.717) is 33.1 Å². The SMILES string of the molecule is CCOC(=O)C1=C(c2ccccc2)N=c2s/c(=C/c3cccc(C(=O)O)c3O)c(=O)n2[C@H]1c1ccc(OC)c(OC)c1. The highest BCUT2D eigenvalue weighted by atomic mass is 32.1. The average Bonchev–Trinajstić information content (AvgIpc) is 3.31. The van der Waals surface area contributed by atoms with E-state index in [9.17, 15) is 24.6 Å². The molecule has 0 saturated carbocycles.